The van der Waals surface area contributed by atoms with Crippen molar-refractivity contribution in [3.8, 4) is 0 Å². The normalized spacial score (nSPS) is 17.8. The summed E-state index contributed by atoms with van der Waals surface area (Å²) in [5.74, 6) is 0.874. The van der Waals surface area contributed by atoms with E-state index in [-0.39, 0.29) is 0 Å². The van der Waals surface area contributed by atoms with Crippen LogP contribution in [0, 0.1) is 5.92 Å². The van der Waals surface area contributed by atoms with Crippen LogP contribution in [-0.2, 0) is 4.74 Å². The van der Waals surface area contributed by atoms with Gasteiger partial charge in [0.25, 0.3) is 0 Å². The summed E-state index contributed by atoms with van der Waals surface area (Å²) in [5.41, 5.74) is 0. The Kier molecular flexibility index (Phi) is 7.03. The number of ether oxygens (including phenoxy) is 1. The lowest BCUT2D eigenvalue weighted by Gasteiger charge is -2.10. The molecular weight excluding hydrogens is 186 g/mol. The maximum absolute atomic E-state index is 5.70. The van der Waals surface area contributed by atoms with Crippen LogP contribution < -0.4 is 5.32 Å². The summed E-state index contributed by atoms with van der Waals surface area (Å²) in [6.45, 7) is 7.48. The quantitative estimate of drug-likeness (QED) is 0.626. The van der Waals surface area contributed by atoms with E-state index >= 15 is 0 Å². The van der Waals surface area contributed by atoms with Crippen molar-refractivity contribution in [2.75, 3.05) is 19.8 Å². The lowest BCUT2D eigenvalue weighted by molar-refractivity contribution is 0.0982. The van der Waals surface area contributed by atoms with Gasteiger partial charge in [0.15, 0.2) is 0 Å². The molecule has 0 aromatic heterocycles. The zero-order valence-corrected chi connectivity index (χ0v) is 10.4. The van der Waals surface area contributed by atoms with Crippen LogP contribution in [0.4, 0.5) is 0 Å². The molecule has 1 aliphatic rings. The molecule has 1 rings (SSSR count). The summed E-state index contributed by atoms with van der Waals surface area (Å²) < 4.78 is 5.70. The fraction of sp³-hybridized carbons (Fsp3) is 1.00. The highest BCUT2D eigenvalue weighted by molar-refractivity contribution is 4.66. The fourth-order valence-electron chi connectivity index (χ4n) is 2.15. The van der Waals surface area contributed by atoms with Gasteiger partial charge in [0.1, 0.15) is 0 Å². The molecule has 2 nitrogen and oxygen atoms in total. The summed E-state index contributed by atoms with van der Waals surface area (Å²) in [6.07, 6.45) is 8.08. The van der Waals surface area contributed by atoms with Gasteiger partial charge < -0.3 is 10.1 Å². The molecule has 1 N–H and O–H groups in total. The third kappa shape index (κ3) is 6.91. The second kappa shape index (κ2) is 8.12. The number of rotatable bonds is 8. The largest absolute Gasteiger partial charge is 0.381 e. The number of hydrogen-bond acceptors (Lipinski definition) is 2. The molecule has 1 fully saturated rings. The molecule has 0 amide bonds. The summed E-state index contributed by atoms with van der Waals surface area (Å²) >= 11 is 0. The first-order valence-electron chi connectivity index (χ1n) is 6.60. The van der Waals surface area contributed by atoms with Crippen molar-refractivity contribution >= 4 is 0 Å². The van der Waals surface area contributed by atoms with Crippen LogP contribution in [0.5, 0.6) is 0 Å². The number of unbranched alkanes of at least 4 members (excludes halogenated alkanes) is 1. The molecule has 90 valence electrons. The van der Waals surface area contributed by atoms with E-state index in [9.17, 15) is 0 Å². The molecule has 0 spiro atoms. The van der Waals surface area contributed by atoms with Crippen LogP contribution in [-0.4, -0.2) is 25.8 Å². The lowest BCUT2D eigenvalue weighted by Crippen LogP contribution is -2.23. The Morgan fingerprint density at radius 3 is 2.60 bits per heavy atom. The van der Waals surface area contributed by atoms with Gasteiger partial charge in [-0.2, -0.15) is 0 Å². The van der Waals surface area contributed by atoms with Crippen LogP contribution >= 0.6 is 0 Å². The van der Waals surface area contributed by atoms with E-state index in [1.54, 1.807) is 0 Å². The minimum atomic E-state index is 0.615. The first-order valence-corrected chi connectivity index (χ1v) is 6.60. The monoisotopic (exact) mass is 213 g/mol. The highest BCUT2D eigenvalue weighted by atomic mass is 16.5. The third-order valence-electron chi connectivity index (χ3n) is 3.10. The molecule has 2 heteroatoms. The minimum Gasteiger partial charge on any atom is -0.381 e. The highest BCUT2D eigenvalue weighted by Crippen LogP contribution is 2.24. The van der Waals surface area contributed by atoms with Crippen LogP contribution in [0.2, 0.25) is 0 Å². The SMILES string of the molecule is CC(C)NCCCCOCC1CCCC1. The van der Waals surface area contributed by atoms with Gasteiger partial charge in [-0.25, -0.2) is 0 Å². The lowest BCUT2D eigenvalue weighted by atomic mass is 10.1. The fourth-order valence-corrected chi connectivity index (χ4v) is 2.15. The maximum Gasteiger partial charge on any atom is 0.0494 e. The minimum absolute atomic E-state index is 0.615. The van der Waals surface area contributed by atoms with Crippen LogP contribution in [0.25, 0.3) is 0 Å². The van der Waals surface area contributed by atoms with E-state index in [0.717, 1.165) is 25.7 Å². The predicted molar refractivity (Wildman–Crippen MR) is 65.1 cm³/mol. The van der Waals surface area contributed by atoms with Crippen LogP contribution in [0.15, 0.2) is 0 Å². The zero-order chi connectivity index (χ0) is 10.9. The Labute approximate surface area is 94.8 Å². The van der Waals surface area contributed by atoms with Gasteiger partial charge in [0, 0.05) is 19.3 Å². The maximum atomic E-state index is 5.70. The van der Waals surface area contributed by atoms with Crippen molar-refractivity contribution in [3.05, 3.63) is 0 Å². The van der Waals surface area contributed by atoms with Crippen molar-refractivity contribution in [2.45, 2.75) is 58.4 Å². The molecular formula is C13H27NO. The molecule has 0 heterocycles. The van der Waals surface area contributed by atoms with Crippen molar-refractivity contribution in [3.63, 3.8) is 0 Å². The second-order valence-electron chi connectivity index (χ2n) is 5.04. The molecule has 0 radical (unpaired) electrons. The van der Waals surface area contributed by atoms with E-state index < -0.39 is 0 Å². The van der Waals surface area contributed by atoms with Gasteiger partial charge >= 0.3 is 0 Å². The molecule has 1 saturated carbocycles. The summed E-state index contributed by atoms with van der Waals surface area (Å²) in [6, 6.07) is 0.615. The Morgan fingerprint density at radius 2 is 1.93 bits per heavy atom. The molecule has 0 unspecified atom stereocenters. The summed E-state index contributed by atoms with van der Waals surface area (Å²) in [5, 5.41) is 3.42. The number of nitrogens with one attached hydrogen (secondary N) is 1. The molecule has 0 aromatic carbocycles. The first-order chi connectivity index (χ1) is 7.29. The van der Waals surface area contributed by atoms with E-state index in [2.05, 4.69) is 19.2 Å². The molecule has 0 saturated heterocycles. The molecule has 1 aliphatic carbocycles. The van der Waals surface area contributed by atoms with Crippen LogP contribution in [0.3, 0.4) is 0 Å². The Morgan fingerprint density at radius 1 is 1.20 bits per heavy atom. The molecule has 15 heavy (non-hydrogen) atoms. The summed E-state index contributed by atoms with van der Waals surface area (Å²) in [4.78, 5) is 0. The molecule has 0 bridgehead atoms. The van der Waals surface area contributed by atoms with Gasteiger partial charge in [0.05, 0.1) is 0 Å². The van der Waals surface area contributed by atoms with Gasteiger partial charge in [-0.1, -0.05) is 26.7 Å². The van der Waals surface area contributed by atoms with E-state index in [1.807, 2.05) is 0 Å². The molecule has 0 atom stereocenters. The van der Waals surface area contributed by atoms with E-state index in [0.29, 0.717) is 6.04 Å². The Balaban J connectivity index is 1.76. The average Bonchev–Trinajstić information content (AvgIpc) is 2.68. The number of hydrogen-bond donors (Lipinski definition) is 1. The Bertz CT molecular complexity index is 141. The third-order valence-corrected chi connectivity index (χ3v) is 3.10. The van der Waals surface area contributed by atoms with Crippen molar-refractivity contribution in [1.29, 1.82) is 0 Å². The van der Waals surface area contributed by atoms with Gasteiger partial charge in [0.2, 0.25) is 0 Å². The van der Waals surface area contributed by atoms with E-state index in [4.69, 9.17) is 4.74 Å². The van der Waals surface area contributed by atoms with E-state index in [1.165, 1.54) is 38.5 Å². The van der Waals surface area contributed by atoms with Crippen molar-refractivity contribution in [2.24, 2.45) is 5.92 Å². The topological polar surface area (TPSA) is 21.3 Å². The molecule has 0 aromatic rings. The Hall–Kier alpha value is -0.0800. The van der Waals surface area contributed by atoms with Crippen molar-refractivity contribution < 1.29 is 4.74 Å². The average molecular weight is 213 g/mol. The zero-order valence-electron chi connectivity index (χ0n) is 10.4. The smallest absolute Gasteiger partial charge is 0.0494 e. The van der Waals surface area contributed by atoms with Crippen LogP contribution in [0.1, 0.15) is 52.4 Å². The van der Waals surface area contributed by atoms with Crippen molar-refractivity contribution in [1.82, 2.24) is 5.32 Å². The molecule has 0 aliphatic heterocycles. The van der Waals surface area contributed by atoms with Gasteiger partial charge in [-0.05, 0) is 38.1 Å². The summed E-state index contributed by atoms with van der Waals surface area (Å²) in [7, 11) is 0. The second-order valence-corrected chi connectivity index (χ2v) is 5.04. The van der Waals surface area contributed by atoms with Gasteiger partial charge in [-0.15, -0.1) is 0 Å². The predicted octanol–water partition coefficient (Wildman–Crippen LogP) is 2.97. The van der Waals surface area contributed by atoms with Gasteiger partial charge in [-0.3, -0.25) is 0 Å². The highest BCUT2D eigenvalue weighted by Gasteiger charge is 2.14. The first kappa shape index (κ1) is 13.0. The standard InChI is InChI=1S/C13H27NO/c1-12(2)14-9-5-6-10-15-11-13-7-3-4-8-13/h12-14H,3-11H2,1-2H3.